The van der Waals surface area contributed by atoms with Crippen molar-refractivity contribution >= 4 is 15.9 Å². The summed E-state index contributed by atoms with van der Waals surface area (Å²) in [6.07, 6.45) is 5.62. The first-order valence-electron chi connectivity index (χ1n) is 6.48. The molecule has 0 atom stereocenters. The van der Waals surface area contributed by atoms with Gasteiger partial charge in [0, 0.05) is 22.4 Å². The Kier molecular flexibility index (Phi) is 4.01. The minimum atomic E-state index is 0.725. The number of hydrogen-bond acceptors (Lipinski definition) is 4. The third-order valence-electron chi connectivity index (χ3n) is 3.11. The second-order valence-electron chi connectivity index (χ2n) is 4.48. The molecule has 0 aliphatic carbocycles. The highest BCUT2D eigenvalue weighted by Crippen LogP contribution is 2.29. The van der Waals surface area contributed by atoms with Gasteiger partial charge >= 0.3 is 0 Å². The molecule has 0 saturated heterocycles. The maximum absolute atomic E-state index is 5.19. The van der Waals surface area contributed by atoms with Gasteiger partial charge in [-0.3, -0.25) is 9.36 Å². The fourth-order valence-corrected chi connectivity index (χ4v) is 2.56. The van der Waals surface area contributed by atoms with Gasteiger partial charge in [-0.05, 0) is 40.2 Å². The van der Waals surface area contributed by atoms with E-state index in [1.165, 1.54) is 0 Å². The van der Waals surface area contributed by atoms with Crippen molar-refractivity contribution in [3.8, 4) is 17.0 Å². The van der Waals surface area contributed by atoms with Crippen LogP contribution in [0.4, 0.5) is 0 Å². The molecule has 7 heteroatoms. The van der Waals surface area contributed by atoms with Crippen LogP contribution in [-0.2, 0) is 13.1 Å². The molecule has 1 aromatic carbocycles. The number of aromatic nitrogens is 5. The molecule has 0 bridgehead atoms. The van der Waals surface area contributed by atoms with E-state index in [0.29, 0.717) is 0 Å². The largest absolute Gasteiger partial charge is 0.497 e. The molecule has 0 amide bonds. The van der Waals surface area contributed by atoms with Crippen molar-refractivity contribution in [2.75, 3.05) is 7.11 Å². The number of ether oxygens (including phenoxy) is 1. The first-order chi connectivity index (χ1) is 10.3. The van der Waals surface area contributed by atoms with Crippen LogP contribution in [0.25, 0.3) is 11.3 Å². The lowest BCUT2D eigenvalue weighted by molar-refractivity contribution is 0.414. The fraction of sp³-hybridized carbons (Fsp3) is 0.214. The third-order valence-corrected chi connectivity index (χ3v) is 3.76. The van der Waals surface area contributed by atoms with Crippen LogP contribution in [0.15, 0.2) is 47.3 Å². The number of aryl methyl sites for hydroxylation is 2. The average molecular weight is 348 g/mol. The Morgan fingerprint density at radius 2 is 2.10 bits per heavy atom. The molecule has 2 heterocycles. The Morgan fingerprint density at radius 3 is 2.81 bits per heavy atom. The molecular weight excluding hydrogens is 334 g/mol. The molecule has 0 fully saturated rings. The number of hydrogen-bond donors (Lipinski definition) is 0. The van der Waals surface area contributed by atoms with Gasteiger partial charge in [-0.2, -0.15) is 5.10 Å². The molecule has 108 valence electrons. The van der Waals surface area contributed by atoms with Crippen LogP contribution in [0, 0.1) is 0 Å². The second-order valence-corrected chi connectivity index (χ2v) is 5.34. The zero-order chi connectivity index (χ0) is 14.7. The molecular formula is C14H14BrN5O. The summed E-state index contributed by atoms with van der Waals surface area (Å²) in [5, 5.41) is 12.5. The Hall–Kier alpha value is -2.15. The van der Waals surface area contributed by atoms with Gasteiger partial charge in [0.25, 0.3) is 0 Å². The molecule has 0 aliphatic rings. The molecule has 21 heavy (non-hydrogen) atoms. The topological polar surface area (TPSA) is 57.8 Å². The standard InChI is InChI=1S/C14H14BrN5O/c1-21-11-3-4-12(13(15)9-11)14-10-20(18-17-14)8-7-19-6-2-5-16-19/h2-6,9-10H,7-8H2,1H3. The lowest BCUT2D eigenvalue weighted by atomic mass is 10.1. The van der Waals surface area contributed by atoms with Gasteiger partial charge in [0.2, 0.25) is 0 Å². The summed E-state index contributed by atoms with van der Waals surface area (Å²) in [6.45, 7) is 1.49. The van der Waals surface area contributed by atoms with Crippen molar-refractivity contribution in [2.45, 2.75) is 13.1 Å². The monoisotopic (exact) mass is 347 g/mol. The highest BCUT2D eigenvalue weighted by Gasteiger charge is 2.09. The summed E-state index contributed by atoms with van der Waals surface area (Å²) >= 11 is 3.53. The molecule has 3 rings (SSSR count). The van der Waals surface area contributed by atoms with Gasteiger partial charge in [0.05, 0.1) is 26.4 Å². The molecule has 0 N–H and O–H groups in total. The van der Waals surface area contributed by atoms with Gasteiger partial charge in [-0.25, -0.2) is 0 Å². The van der Waals surface area contributed by atoms with Gasteiger partial charge in [-0.1, -0.05) is 5.21 Å². The predicted molar refractivity (Wildman–Crippen MR) is 81.9 cm³/mol. The summed E-state index contributed by atoms with van der Waals surface area (Å²) in [6, 6.07) is 7.69. The van der Waals surface area contributed by atoms with E-state index in [1.807, 2.05) is 46.0 Å². The van der Waals surface area contributed by atoms with Crippen molar-refractivity contribution in [1.29, 1.82) is 0 Å². The van der Waals surface area contributed by atoms with Crippen LogP contribution in [0.3, 0.4) is 0 Å². The molecule has 6 nitrogen and oxygen atoms in total. The van der Waals surface area contributed by atoms with Gasteiger partial charge in [0.15, 0.2) is 0 Å². The van der Waals surface area contributed by atoms with Crippen molar-refractivity contribution in [1.82, 2.24) is 24.8 Å². The quantitative estimate of drug-likeness (QED) is 0.711. The summed E-state index contributed by atoms with van der Waals surface area (Å²) in [5.74, 6) is 0.802. The van der Waals surface area contributed by atoms with Crippen LogP contribution in [0.1, 0.15) is 0 Å². The maximum Gasteiger partial charge on any atom is 0.120 e. The van der Waals surface area contributed by atoms with E-state index >= 15 is 0 Å². The first-order valence-corrected chi connectivity index (χ1v) is 7.27. The number of methoxy groups -OCH3 is 1. The molecule has 0 unspecified atom stereocenters. The maximum atomic E-state index is 5.19. The third kappa shape index (κ3) is 3.13. The molecule has 0 saturated carbocycles. The first kappa shape index (κ1) is 13.8. The van der Waals surface area contributed by atoms with E-state index in [9.17, 15) is 0 Å². The lowest BCUT2D eigenvalue weighted by Gasteiger charge is -2.04. The zero-order valence-corrected chi connectivity index (χ0v) is 13.1. The Balaban J connectivity index is 1.75. The minimum Gasteiger partial charge on any atom is -0.497 e. The number of nitrogens with zero attached hydrogens (tertiary/aromatic N) is 5. The molecule has 2 aromatic heterocycles. The van der Waals surface area contributed by atoms with Gasteiger partial charge in [-0.15, -0.1) is 5.10 Å². The molecule has 0 radical (unpaired) electrons. The normalized spacial score (nSPS) is 10.8. The van der Waals surface area contributed by atoms with E-state index in [2.05, 4.69) is 31.3 Å². The van der Waals surface area contributed by atoms with Crippen molar-refractivity contribution in [3.05, 3.63) is 47.3 Å². The summed E-state index contributed by atoms with van der Waals surface area (Å²) in [4.78, 5) is 0. The Bertz CT molecular complexity index is 723. The number of halogens is 1. The zero-order valence-electron chi connectivity index (χ0n) is 11.5. The Labute approximate surface area is 130 Å². The van der Waals surface area contributed by atoms with E-state index in [0.717, 1.165) is 34.6 Å². The van der Waals surface area contributed by atoms with Crippen LogP contribution in [0.2, 0.25) is 0 Å². The molecule has 0 aliphatic heterocycles. The Morgan fingerprint density at radius 1 is 1.24 bits per heavy atom. The van der Waals surface area contributed by atoms with Crippen LogP contribution >= 0.6 is 15.9 Å². The van der Waals surface area contributed by atoms with Gasteiger partial charge in [0.1, 0.15) is 11.4 Å². The van der Waals surface area contributed by atoms with E-state index < -0.39 is 0 Å². The highest BCUT2D eigenvalue weighted by atomic mass is 79.9. The van der Waals surface area contributed by atoms with E-state index in [1.54, 1.807) is 13.3 Å². The second kappa shape index (κ2) is 6.09. The molecule has 0 spiro atoms. The summed E-state index contributed by atoms with van der Waals surface area (Å²) in [7, 11) is 1.65. The fourth-order valence-electron chi connectivity index (χ4n) is 2.00. The van der Waals surface area contributed by atoms with E-state index in [4.69, 9.17) is 4.74 Å². The van der Waals surface area contributed by atoms with Crippen LogP contribution < -0.4 is 4.74 Å². The molecule has 3 aromatic rings. The van der Waals surface area contributed by atoms with Crippen LogP contribution in [-0.4, -0.2) is 31.9 Å². The number of rotatable bonds is 5. The minimum absolute atomic E-state index is 0.725. The highest BCUT2D eigenvalue weighted by molar-refractivity contribution is 9.10. The summed E-state index contributed by atoms with van der Waals surface area (Å²) < 4.78 is 9.80. The SMILES string of the molecule is COc1ccc(-c2cn(CCn3cccn3)nn2)c(Br)c1. The van der Waals surface area contributed by atoms with Crippen LogP contribution in [0.5, 0.6) is 5.75 Å². The summed E-state index contributed by atoms with van der Waals surface area (Å²) in [5.41, 5.74) is 1.81. The van der Waals surface area contributed by atoms with Crippen molar-refractivity contribution < 1.29 is 4.74 Å². The van der Waals surface area contributed by atoms with Gasteiger partial charge < -0.3 is 4.74 Å². The van der Waals surface area contributed by atoms with Crippen molar-refractivity contribution in [3.63, 3.8) is 0 Å². The predicted octanol–water partition coefficient (Wildman–Crippen LogP) is 2.61. The van der Waals surface area contributed by atoms with Crippen molar-refractivity contribution in [2.24, 2.45) is 0 Å². The van der Waals surface area contributed by atoms with E-state index in [-0.39, 0.29) is 0 Å². The smallest absolute Gasteiger partial charge is 0.120 e. The lowest BCUT2D eigenvalue weighted by Crippen LogP contribution is -2.08. The number of benzene rings is 1. The average Bonchev–Trinajstić information content (AvgIpc) is 3.16.